The molecule has 2 aliphatic heterocycles. The van der Waals surface area contributed by atoms with E-state index in [1.165, 1.54) is 84.9 Å². The van der Waals surface area contributed by atoms with Crippen molar-refractivity contribution in [3.63, 3.8) is 0 Å². The van der Waals surface area contributed by atoms with Crippen LogP contribution in [-0.4, -0.2) is 5.97 Å². The van der Waals surface area contributed by atoms with Crippen LogP contribution >= 0.6 is 0 Å². The molecule has 3 aromatic carbocycles. The fourth-order valence-corrected chi connectivity index (χ4v) is 5.72. The van der Waals surface area contributed by atoms with Crippen LogP contribution in [0.4, 0.5) is 0 Å². The van der Waals surface area contributed by atoms with E-state index in [0.29, 0.717) is 33.0 Å². The van der Waals surface area contributed by atoms with Crippen LogP contribution in [0.1, 0.15) is 15.9 Å². The molecule has 3 aromatic rings. The number of carboxylic acid groups (broad SMARTS) is 1. The summed E-state index contributed by atoms with van der Waals surface area (Å²) in [5.41, 5.74) is 1.39. The number of carbonyl (C=O) groups is 1. The molecule has 2 heterocycles. The monoisotopic (exact) mass is 676 g/mol. The number of benzene rings is 5. The molecule has 0 fully saturated rings. The fraction of sp³-hybridized carbons (Fsp3) is 0.0294. The van der Waals surface area contributed by atoms with E-state index in [-0.39, 0.29) is 186 Å². The zero-order chi connectivity index (χ0) is 30.7. The van der Waals surface area contributed by atoms with E-state index in [2.05, 4.69) is 4.89 Å². The maximum absolute atomic E-state index is 12.8. The van der Waals surface area contributed by atoms with Crippen LogP contribution < -0.4 is 150 Å². The molecular formula is C34H16Na4O10. The Bertz CT molecular complexity index is 2370. The predicted molar refractivity (Wildman–Crippen MR) is 151 cm³/mol. The molecule has 0 saturated carbocycles. The molecule has 216 valence electrons. The first kappa shape index (κ1) is 40.5. The zero-order valence-corrected chi connectivity index (χ0v) is 34.4. The van der Waals surface area contributed by atoms with Gasteiger partial charge >= 0.3 is 118 Å². The summed E-state index contributed by atoms with van der Waals surface area (Å²) in [5.74, 6) is -2.02. The Morgan fingerprint density at radius 2 is 1.08 bits per heavy atom. The average molecular weight is 676 g/mol. The Hall–Kier alpha value is -1.97. The number of rotatable bonds is 5. The minimum Gasteiger partial charge on any atom is -0.872 e. The first-order valence-electron chi connectivity index (χ1n) is 13.2. The van der Waals surface area contributed by atoms with Gasteiger partial charge < -0.3 is 39.1 Å². The summed E-state index contributed by atoms with van der Waals surface area (Å²) in [4.78, 5) is 41.5. The van der Waals surface area contributed by atoms with Crippen LogP contribution in [0.2, 0.25) is 0 Å². The molecule has 0 saturated heterocycles. The van der Waals surface area contributed by atoms with Crippen molar-refractivity contribution in [2.45, 2.75) is 6.61 Å². The molecule has 4 aliphatic rings. The Balaban J connectivity index is 0.00000156. The number of hydrogen-bond donors (Lipinski definition) is 0. The van der Waals surface area contributed by atoms with Gasteiger partial charge in [-0.3, -0.25) is 9.59 Å². The Labute approximate surface area is 360 Å². The summed E-state index contributed by atoms with van der Waals surface area (Å²) in [6.07, 6.45) is 0. The van der Waals surface area contributed by atoms with Crippen LogP contribution in [0.5, 0.6) is 11.5 Å². The molecule has 0 atom stereocenters. The quantitative estimate of drug-likeness (QED) is 0.0736. The van der Waals surface area contributed by atoms with Crippen LogP contribution in [0.3, 0.4) is 0 Å². The van der Waals surface area contributed by atoms with Crippen molar-refractivity contribution in [1.82, 2.24) is 0 Å². The minimum absolute atomic E-state index is 0. The van der Waals surface area contributed by atoms with Crippen molar-refractivity contribution in [1.29, 1.82) is 0 Å². The van der Waals surface area contributed by atoms with Gasteiger partial charge in [-0.2, -0.15) is 0 Å². The second-order valence-corrected chi connectivity index (χ2v) is 10.2. The van der Waals surface area contributed by atoms with Crippen molar-refractivity contribution in [2.24, 2.45) is 0 Å². The van der Waals surface area contributed by atoms with Crippen molar-refractivity contribution >= 4 is 27.9 Å². The van der Waals surface area contributed by atoms with Gasteiger partial charge in [0, 0.05) is 50.7 Å². The smallest absolute Gasteiger partial charge is 0.872 e. The largest absolute Gasteiger partial charge is 1.00 e. The van der Waals surface area contributed by atoms with Gasteiger partial charge in [0.25, 0.3) is 0 Å². The number of aromatic carboxylic acids is 1. The second kappa shape index (κ2) is 16.4. The van der Waals surface area contributed by atoms with Gasteiger partial charge in [-0.15, -0.1) is 11.5 Å². The first-order chi connectivity index (χ1) is 21.2. The summed E-state index contributed by atoms with van der Waals surface area (Å²) in [6, 6.07) is 18.9. The van der Waals surface area contributed by atoms with E-state index in [0.717, 1.165) is 0 Å². The van der Waals surface area contributed by atoms with E-state index in [4.69, 9.17) is 8.83 Å². The number of carbonyl (C=O) groups excluding carboxylic acids is 1. The number of fused-ring (bicyclic) bond motifs is 4. The van der Waals surface area contributed by atoms with Crippen LogP contribution in [-0.2, 0) is 11.5 Å². The molecular weight excluding hydrogens is 660 g/mol. The molecule has 10 nitrogen and oxygen atoms in total. The third-order valence-electron chi connectivity index (χ3n) is 7.55. The van der Waals surface area contributed by atoms with Crippen molar-refractivity contribution < 1.29 is 157 Å². The molecule has 0 N–H and O–H groups in total. The molecule has 0 radical (unpaired) electrons. The maximum atomic E-state index is 12.8. The molecule has 14 heteroatoms. The van der Waals surface area contributed by atoms with E-state index in [1.807, 2.05) is 0 Å². The molecule has 48 heavy (non-hydrogen) atoms. The summed E-state index contributed by atoms with van der Waals surface area (Å²) in [5, 5.41) is 49.6. The van der Waals surface area contributed by atoms with E-state index in [1.54, 1.807) is 0 Å². The van der Waals surface area contributed by atoms with E-state index in [9.17, 15) is 35.0 Å². The molecule has 2 aliphatic carbocycles. The molecule has 0 bridgehead atoms. The fourth-order valence-electron chi connectivity index (χ4n) is 5.72. The van der Waals surface area contributed by atoms with E-state index < -0.39 is 12.6 Å². The van der Waals surface area contributed by atoms with Crippen molar-refractivity contribution in [2.75, 3.05) is 0 Å². The van der Waals surface area contributed by atoms with Gasteiger partial charge in [-0.05, 0) is 65.2 Å². The Morgan fingerprint density at radius 3 is 1.54 bits per heavy atom. The first-order valence-corrected chi connectivity index (χ1v) is 13.2. The topological polar surface area (TPSA) is 179 Å². The van der Waals surface area contributed by atoms with Gasteiger partial charge in [-0.1, -0.05) is 24.3 Å². The van der Waals surface area contributed by atoms with Gasteiger partial charge in [-0.25, -0.2) is 0 Å². The Kier molecular flexibility index (Phi) is 13.8. The summed E-state index contributed by atoms with van der Waals surface area (Å²) < 4.78 is 11.7. The van der Waals surface area contributed by atoms with Crippen molar-refractivity contribution in [3.05, 3.63) is 117 Å². The van der Waals surface area contributed by atoms with Gasteiger partial charge in [0.15, 0.2) is 10.9 Å². The summed E-state index contributed by atoms with van der Waals surface area (Å²) >= 11 is 0. The average Bonchev–Trinajstić information content (AvgIpc) is 2.98. The third-order valence-corrected chi connectivity index (χ3v) is 7.55. The van der Waals surface area contributed by atoms with Crippen LogP contribution in [0.25, 0.3) is 66.8 Å². The standard InChI is InChI=1S/C34H20O10.4Na/c35-17-1-5-21-28(10-17)43-29-11-18(36)2-6-22(29)32(21)25-14-27(34(39)40)26(9-16(25)15-42-41)33-23-7-3-19(37)12-30(23)44-31-13-20(38)4-8-24(31)33;;;;/h1-14,35,37,41H,15H2,(H,39,40);;;;/q;4*+1/p-4. The van der Waals surface area contributed by atoms with E-state index >= 15 is 0 Å². The number of hydrogen-bond acceptors (Lipinski definition) is 10. The molecule has 0 aromatic heterocycles. The van der Waals surface area contributed by atoms with Gasteiger partial charge in [0.2, 0.25) is 0 Å². The zero-order valence-electron chi connectivity index (χ0n) is 26.4. The minimum atomic E-state index is -1.56. The van der Waals surface area contributed by atoms with Gasteiger partial charge in [0.05, 0.1) is 12.6 Å². The predicted octanol–water partition coefficient (Wildman–Crippen LogP) is -9.24. The Morgan fingerprint density at radius 1 is 0.604 bits per heavy atom. The molecule has 7 rings (SSSR count). The van der Waals surface area contributed by atoms with Gasteiger partial charge in [0.1, 0.15) is 22.7 Å². The second-order valence-electron chi connectivity index (χ2n) is 10.2. The molecule has 0 spiro atoms. The van der Waals surface area contributed by atoms with Crippen molar-refractivity contribution in [3.8, 4) is 56.4 Å². The van der Waals surface area contributed by atoms with Crippen LogP contribution in [0.15, 0.2) is 103 Å². The number of carboxylic acids is 1. The molecule has 0 amide bonds. The SMILES string of the molecule is O=C([O-])c1cc(-c2c3ccc(=O)cc-3oc3cc([O-])ccc23)c(CO[O-])cc1-c1c2ccc(=O)cc-2oc2cc([O-])ccc12.[Na+].[Na+].[Na+].[Na+]. The maximum Gasteiger partial charge on any atom is 1.00 e. The third kappa shape index (κ3) is 7.39. The summed E-state index contributed by atoms with van der Waals surface area (Å²) in [6.45, 7) is -0.507. The summed E-state index contributed by atoms with van der Waals surface area (Å²) in [7, 11) is 0. The van der Waals surface area contributed by atoms with Crippen LogP contribution in [0, 0.1) is 0 Å². The molecule has 0 unspecified atom stereocenters. The normalized spacial score (nSPS) is 10.6.